The Hall–Kier alpha value is -1.65. The predicted molar refractivity (Wildman–Crippen MR) is 75.2 cm³/mol. The summed E-state index contributed by atoms with van der Waals surface area (Å²) in [5.74, 6) is 0.616. The minimum atomic E-state index is -0.145. The van der Waals surface area contributed by atoms with Crippen LogP contribution in [-0.4, -0.2) is 28.5 Å². The minimum Gasteiger partial charge on any atom is -0.366 e. The third kappa shape index (κ3) is 4.19. The van der Waals surface area contributed by atoms with Crippen molar-refractivity contribution < 1.29 is 4.79 Å². The lowest BCUT2D eigenvalue weighted by Crippen LogP contribution is -2.25. The molecule has 1 aliphatic carbocycles. The van der Waals surface area contributed by atoms with Gasteiger partial charge >= 0.3 is 0 Å². The standard InChI is InChI=1S/C14H22N4O/c1-2-3-8-15-14(19)12-9-17-13(10-16-12)18-11-6-4-5-7-11/h9-11H,2-8H2,1H3,(H,15,19)(H,17,18). The maximum atomic E-state index is 11.7. The fourth-order valence-corrected chi connectivity index (χ4v) is 2.27. The van der Waals surface area contributed by atoms with E-state index in [2.05, 4.69) is 27.5 Å². The van der Waals surface area contributed by atoms with E-state index < -0.39 is 0 Å². The molecule has 5 heteroatoms. The van der Waals surface area contributed by atoms with Crippen molar-refractivity contribution >= 4 is 11.7 Å². The molecule has 1 aliphatic rings. The minimum absolute atomic E-state index is 0.145. The van der Waals surface area contributed by atoms with Gasteiger partial charge in [0.2, 0.25) is 0 Å². The molecule has 0 bridgehead atoms. The third-order valence-corrected chi connectivity index (χ3v) is 3.41. The van der Waals surface area contributed by atoms with E-state index in [0.29, 0.717) is 18.3 Å². The molecule has 0 spiro atoms. The number of hydrogen-bond acceptors (Lipinski definition) is 4. The molecular weight excluding hydrogens is 240 g/mol. The average Bonchev–Trinajstić information content (AvgIpc) is 2.93. The van der Waals surface area contributed by atoms with Gasteiger partial charge in [-0.2, -0.15) is 0 Å². The number of carbonyl (C=O) groups is 1. The van der Waals surface area contributed by atoms with E-state index in [1.807, 2.05) is 0 Å². The molecule has 0 aliphatic heterocycles. The Morgan fingerprint density at radius 3 is 2.74 bits per heavy atom. The smallest absolute Gasteiger partial charge is 0.271 e. The maximum Gasteiger partial charge on any atom is 0.271 e. The van der Waals surface area contributed by atoms with Gasteiger partial charge in [-0.25, -0.2) is 9.97 Å². The van der Waals surface area contributed by atoms with Crippen molar-refractivity contribution in [3.8, 4) is 0 Å². The van der Waals surface area contributed by atoms with Crippen LogP contribution in [0.1, 0.15) is 55.9 Å². The van der Waals surface area contributed by atoms with E-state index in [9.17, 15) is 4.79 Å². The van der Waals surface area contributed by atoms with Crippen LogP contribution in [0.25, 0.3) is 0 Å². The molecule has 1 fully saturated rings. The van der Waals surface area contributed by atoms with E-state index in [0.717, 1.165) is 18.7 Å². The molecule has 1 aromatic heterocycles. The first kappa shape index (κ1) is 13.8. The third-order valence-electron chi connectivity index (χ3n) is 3.41. The van der Waals surface area contributed by atoms with Crippen molar-refractivity contribution in [2.75, 3.05) is 11.9 Å². The fraction of sp³-hybridized carbons (Fsp3) is 0.643. The Morgan fingerprint density at radius 1 is 1.32 bits per heavy atom. The molecule has 19 heavy (non-hydrogen) atoms. The van der Waals surface area contributed by atoms with Crippen molar-refractivity contribution in [3.05, 3.63) is 18.1 Å². The first-order chi connectivity index (χ1) is 9.29. The molecule has 0 radical (unpaired) electrons. The number of hydrogen-bond donors (Lipinski definition) is 2. The van der Waals surface area contributed by atoms with E-state index in [1.165, 1.54) is 25.7 Å². The number of nitrogens with zero attached hydrogens (tertiary/aromatic N) is 2. The highest BCUT2D eigenvalue weighted by molar-refractivity contribution is 5.91. The Bertz CT molecular complexity index is 398. The van der Waals surface area contributed by atoms with Gasteiger partial charge in [-0.1, -0.05) is 26.2 Å². The largest absolute Gasteiger partial charge is 0.366 e. The van der Waals surface area contributed by atoms with Crippen LogP contribution in [-0.2, 0) is 0 Å². The summed E-state index contributed by atoms with van der Waals surface area (Å²) in [6, 6.07) is 0.513. The van der Waals surface area contributed by atoms with Crippen LogP contribution in [0.3, 0.4) is 0 Å². The topological polar surface area (TPSA) is 66.9 Å². The summed E-state index contributed by atoms with van der Waals surface area (Å²) in [6.07, 6.45) is 10.2. The number of rotatable bonds is 6. The molecule has 0 aromatic carbocycles. The van der Waals surface area contributed by atoms with Gasteiger partial charge in [-0.3, -0.25) is 4.79 Å². The zero-order chi connectivity index (χ0) is 13.5. The van der Waals surface area contributed by atoms with E-state index in [4.69, 9.17) is 0 Å². The van der Waals surface area contributed by atoms with Crippen LogP contribution in [0.5, 0.6) is 0 Å². The molecule has 2 rings (SSSR count). The van der Waals surface area contributed by atoms with Crippen LogP contribution in [0, 0.1) is 0 Å². The normalized spacial score (nSPS) is 15.4. The summed E-state index contributed by atoms with van der Waals surface area (Å²) in [5, 5.41) is 6.18. The van der Waals surface area contributed by atoms with Crippen LogP contribution < -0.4 is 10.6 Å². The molecule has 0 unspecified atom stereocenters. The summed E-state index contributed by atoms with van der Waals surface area (Å²) in [5.41, 5.74) is 0.382. The van der Waals surface area contributed by atoms with Gasteiger partial charge in [0, 0.05) is 12.6 Å². The lowest BCUT2D eigenvalue weighted by Gasteiger charge is -2.12. The van der Waals surface area contributed by atoms with Gasteiger partial charge in [0.1, 0.15) is 11.5 Å². The molecule has 104 valence electrons. The van der Waals surface area contributed by atoms with E-state index in [1.54, 1.807) is 12.4 Å². The fourth-order valence-electron chi connectivity index (χ4n) is 2.27. The molecule has 0 atom stereocenters. The summed E-state index contributed by atoms with van der Waals surface area (Å²) in [7, 11) is 0. The molecular formula is C14H22N4O. The highest BCUT2D eigenvalue weighted by Crippen LogP contribution is 2.20. The van der Waals surface area contributed by atoms with Crippen molar-refractivity contribution in [1.29, 1.82) is 0 Å². The number of anilines is 1. The lowest BCUT2D eigenvalue weighted by atomic mass is 10.2. The van der Waals surface area contributed by atoms with Crippen molar-refractivity contribution in [1.82, 2.24) is 15.3 Å². The van der Waals surface area contributed by atoms with Gasteiger partial charge in [0.25, 0.3) is 5.91 Å². The van der Waals surface area contributed by atoms with Gasteiger partial charge in [0.05, 0.1) is 12.4 Å². The molecule has 1 heterocycles. The van der Waals surface area contributed by atoms with E-state index in [-0.39, 0.29) is 5.91 Å². The quantitative estimate of drug-likeness (QED) is 0.772. The summed E-state index contributed by atoms with van der Waals surface area (Å²) in [6.45, 7) is 2.79. The van der Waals surface area contributed by atoms with Gasteiger partial charge in [-0.15, -0.1) is 0 Å². The van der Waals surface area contributed by atoms with Crippen LogP contribution >= 0.6 is 0 Å². The van der Waals surface area contributed by atoms with Gasteiger partial charge in [-0.05, 0) is 19.3 Å². The Labute approximate surface area is 114 Å². The van der Waals surface area contributed by atoms with Crippen molar-refractivity contribution in [3.63, 3.8) is 0 Å². The zero-order valence-electron chi connectivity index (χ0n) is 11.5. The number of amides is 1. The Kier molecular flexibility index (Phi) is 5.12. The number of carbonyl (C=O) groups excluding carboxylic acids is 1. The SMILES string of the molecule is CCCCNC(=O)c1cnc(NC2CCCC2)cn1. The summed E-state index contributed by atoms with van der Waals surface area (Å²) >= 11 is 0. The Balaban J connectivity index is 1.84. The first-order valence-electron chi connectivity index (χ1n) is 7.16. The molecule has 1 saturated carbocycles. The predicted octanol–water partition coefficient (Wildman–Crippen LogP) is 2.36. The number of aromatic nitrogens is 2. The molecule has 0 saturated heterocycles. The number of unbranched alkanes of at least 4 members (excludes halogenated alkanes) is 1. The summed E-state index contributed by atoms with van der Waals surface area (Å²) < 4.78 is 0. The van der Waals surface area contributed by atoms with Gasteiger partial charge < -0.3 is 10.6 Å². The number of nitrogens with one attached hydrogen (secondary N) is 2. The summed E-state index contributed by atoms with van der Waals surface area (Å²) in [4.78, 5) is 20.2. The second kappa shape index (κ2) is 7.07. The second-order valence-corrected chi connectivity index (χ2v) is 5.02. The average molecular weight is 262 g/mol. The molecule has 1 amide bonds. The van der Waals surface area contributed by atoms with Crippen molar-refractivity contribution in [2.24, 2.45) is 0 Å². The van der Waals surface area contributed by atoms with Crippen LogP contribution in [0.2, 0.25) is 0 Å². The molecule has 2 N–H and O–H groups in total. The van der Waals surface area contributed by atoms with E-state index >= 15 is 0 Å². The van der Waals surface area contributed by atoms with Crippen LogP contribution in [0.15, 0.2) is 12.4 Å². The van der Waals surface area contributed by atoms with Crippen LogP contribution in [0.4, 0.5) is 5.82 Å². The van der Waals surface area contributed by atoms with Crippen molar-refractivity contribution in [2.45, 2.75) is 51.5 Å². The maximum absolute atomic E-state index is 11.7. The molecule has 5 nitrogen and oxygen atoms in total. The van der Waals surface area contributed by atoms with Gasteiger partial charge in [0.15, 0.2) is 0 Å². The highest BCUT2D eigenvalue weighted by atomic mass is 16.1. The monoisotopic (exact) mass is 262 g/mol. The second-order valence-electron chi connectivity index (χ2n) is 5.02. The Morgan fingerprint density at radius 2 is 2.11 bits per heavy atom. The zero-order valence-corrected chi connectivity index (χ0v) is 11.5. The first-order valence-corrected chi connectivity index (χ1v) is 7.16. The molecule has 1 aromatic rings. The lowest BCUT2D eigenvalue weighted by molar-refractivity contribution is 0.0948. The highest BCUT2D eigenvalue weighted by Gasteiger charge is 2.15.